The molecule has 0 aliphatic rings. The Morgan fingerprint density at radius 2 is 2.06 bits per heavy atom. The number of pyridine rings is 1. The maximum Gasteiger partial charge on any atom is 0.213 e. The highest BCUT2D eigenvalue weighted by atomic mass is 35.5. The predicted molar refractivity (Wildman–Crippen MR) is 69.9 cm³/mol. The van der Waals surface area contributed by atoms with Gasteiger partial charge in [-0.15, -0.1) is 11.6 Å². The summed E-state index contributed by atoms with van der Waals surface area (Å²) in [6.07, 6.45) is 0.861. The van der Waals surface area contributed by atoms with Gasteiger partial charge in [-0.3, -0.25) is 0 Å². The summed E-state index contributed by atoms with van der Waals surface area (Å²) < 4.78 is 10.6. The highest BCUT2D eigenvalue weighted by molar-refractivity contribution is 6.17. The molecule has 0 atom stereocenters. The smallest absolute Gasteiger partial charge is 0.213 e. The lowest BCUT2D eigenvalue weighted by atomic mass is 10.1. The van der Waals surface area contributed by atoms with Gasteiger partial charge in [-0.25, -0.2) is 4.98 Å². The first-order valence-corrected chi connectivity index (χ1v) is 6.39. The molecule has 0 aromatic carbocycles. The number of alkyl halides is 1. The second-order valence-corrected chi connectivity index (χ2v) is 4.49. The van der Waals surface area contributed by atoms with Crippen LogP contribution in [-0.2, 0) is 10.6 Å². The minimum absolute atomic E-state index is 0.375. The van der Waals surface area contributed by atoms with Crippen LogP contribution in [0.2, 0.25) is 0 Å². The van der Waals surface area contributed by atoms with E-state index in [2.05, 4.69) is 18.8 Å². The molecule has 0 unspecified atom stereocenters. The molecule has 0 aliphatic carbocycles. The highest BCUT2D eigenvalue weighted by Gasteiger charge is 2.06. The molecule has 1 aromatic heterocycles. The minimum Gasteiger partial charge on any atom is -0.478 e. The molecule has 3 nitrogen and oxygen atoms in total. The number of aromatic nitrogens is 1. The Hall–Kier alpha value is -0.800. The summed E-state index contributed by atoms with van der Waals surface area (Å²) in [6, 6.07) is 3.92. The highest BCUT2D eigenvalue weighted by Crippen LogP contribution is 2.20. The Kier molecular flexibility index (Phi) is 6.30. The second-order valence-electron chi connectivity index (χ2n) is 4.22. The summed E-state index contributed by atoms with van der Waals surface area (Å²) in [5.74, 6) is 1.51. The van der Waals surface area contributed by atoms with Gasteiger partial charge in [0.25, 0.3) is 0 Å². The van der Waals surface area contributed by atoms with Crippen LogP contribution < -0.4 is 4.74 Å². The maximum absolute atomic E-state index is 5.86. The molecule has 1 rings (SSSR count). The van der Waals surface area contributed by atoms with Crippen molar-refractivity contribution < 1.29 is 9.47 Å². The summed E-state index contributed by atoms with van der Waals surface area (Å²) in [4.78, 5) is 4.46. The van der Waals surface area contributed by atoms with Gasteiger partial charge >= 0.3 is 0 Å². The summed E-state index contributed by atoms with van der Waals surface area (Å²) >= 11 is 5.86. The first kappa shape index (κ1) is 14.3. The van der Waals surface area contributed by atoms with Gasteiger partial charge in [0.2, 0.25) is 5.88 Å². The first-order chi connectivity index (χ1) is 8.17. The molecule has 17 heavy (non-hydrogen) atoms. The largest absolute Gasteiger partial charge is 0.478 e. The van der Waals surface area contributed by atoms with Gasteiger partial charge in [0, 0.05) is 37.8 Å². The number of hydrogen-bond acceptors (Lipinski definition) is 3. The van der Waals surface area contributed by atoms with Gasteiger partial charge in [0.15, 0.2) is 0 Å². The zero-order valence-electron chi connectivity index (χ0n) is 10.7. The Morgan fingerprint density at radius 1 is 1.29 bits per heavy atom. The predicted octanol–water partition coefficient (Wildman–Crippen LogP) is 3.36. The Bertz CT molecular complexity index is 342. The van der Waals surface area contributed by atoms with Gasteiger partial charge in [-0.05, 0) is 17.5 Å². The van der Waals surface area contributed by atoms with Crippen molar-refractivity contribution in [2.75, 3.05) is 20.3 Å². The van der Waals surface area contributed by atoms with Crippen LogP contribution >= 0.6 is 11.6 Å². The Morgan fingerprint density at radius 3 is 2.65 bits per heavy atom. The SMILES string of the molecule is COCCCOc1cc(CCl)cc(C(C)C)n1. The van der Waals surface area contributed by atoms with Crippen LogP contribution in [0.3, 0.4) is 0 Å². The molecule has 0 saturated heterocycles. The quantitative estimate of drug-likeness (QED) is 0.554. The normalized spacial score (nSPS) is 10.9. The van der Waals surface area contributed by atoms with E-state index < -0.39 is 0 Å². The van der Waals surface area contributed by atoms with E-state index in [0.717, 1.165) is 17.7 Å². The topological polar surface area (TPSA) is 31.4 Å². The monoisotopic (exact) mass is 257 g/mol. The van der Waals surface area contributed by atoms with Gasteiger partial charge in [0.1, 0.15) is 0 Å². The third-order valence-electron chi connectivity index (χ3n) is 2.37. The molecular weight excluding hydrogens is 238 g/mol. The molecular formula is C13H20ClNO2. The van der Waals surface area contributed by atoms with Gasteiger partial charge in [-0.1, -0.05) is 13.8 Å². The number of rotatable bonds is 7. The van der Waals surface area contributed by atoms with Crippen molar-refractivity contribution in [2.45, 2.75) is 32.1 Å². The average Bonchev–Trinajstić information content (AvgIpc) is 2.34. The van der Waals surface area contributed by atoms with Crippen molar-refractivity contribution in [1.29, 1.82) is 0 Å². The van der Waals surface area contributed by atoms with Crippen molar-refractivity contribution >= 4 is 11.6 Å². The van der Waals surface area contributed by atoms with Crippen molar-refractivity contribution in [3.8, 4) is 5.88 Å². The van der Waals surface area contributed by atoms with Crippen molar-refractivity contribution in [3.05, 3.63) is 23.4 Å². The zero-order chi connectivity index (χ0) is 12.7. The second kappa shape index (κ2) is 7.51. The molecule has 0 radical (unpaired) electrons. The van der Waals surface area contributed by atoms with Gasteiger partial charge in [-0.2, -0.15) is 0 Å². The number of methoxy groups -OCH3 is 1. The van der Waals surface area contributed by atoms with Crippen LogP contribution in [0.15, 0.2) is 12.1 Å². The fourth-order valence-electron chi connectivity index (χ4n) is 1.41. The fourth-order valence-corrected chi connectivity index (χ4v) is 1.56. The third-order valence-corrected chi connectivity index (χ3v) is 2.68. The van der Waals surface area contributed by atoms with Crippen LogP contribution in [0, 0.1) is 0 Å². The van der Waals surface area contributed by atoms with E-state index in [1.54, 1.807) is 7.11 Å². The number of halogens is 1. The lowest BCUT2D eigenvalue weighted by Gasteiger charge is -2.11. The lowest BCUT2D eigenvalue weighted by Crippen LogP contribution is -2.05. The number of nitrogens with zero attached hydrogens (tertiary/aromatic N) is 1. The molecule has 0 amide bonds. The molecule has 4 heteroatoms. The van der Waals surface area contributed by atoms with E-state index in [-0.39, 0.29) is 0 Å². The van der Waals surface area contributed by atoms with E-state index in [1.165, 1.54) is 0 Å². The lowest BCUT2D eigenvalue weighted by molar-refractivity contribution is 0.170. The van der Waals surface area contributed by atoms with E-state index in [4.69, 9.17) is 21.1 Å². The van der Waals surface area contributed by atoms with Gasteiger partial charge in [0.05, 0.1) is 6.61 Å². The maximum atomic E-state index is 5.86. The fraction of sp³-hybridized carbons (Fsp3) is 0.615. The van der Waals surface area contributed by atoms with E-state index in [9.17, 15) is 0 Å². The molecule has 0 aliphatic heterocycles. The molecule has 1 aromatic rings. The van der Waals surface area contributed by atoms with Crippen LogP contribution in [0.4, 0.5) is 0 Å². The van der Waals surface area contributed by atoms with Crippen molar-refractivity contribution in [2.24, 2.45) is 0 Å². The molecule has 96 valence electrons. The van der Waals surface area contributed by atoms with Crippen molar-refractivity contribution in [1.82, 2.24) is 4.98 Å². The Labute approximate surface area is 108 Å². The number of hydrogen-bond donors (Lipinski definition) is 0. The zero-order valence-corrected chi connectivity index (χ0v) is 11.5. The standard InChI is InChI=1S/C13H20ClNO2/c1-10(2)12-7-11(9-14)8-13(15-12)17-6-4-5-16-3/h7-8,10H,4-6,9H2,1-3H3. The van der Waals surface area contributed by atoms with Crippen LogP contribution in [0.5, 0.6) is 5.88 Å². The summed E-state index contributed by atoms with van der Waals surface area (Å²) in [5, 5.41) is 0. The molecule has 1 heterocycles. The van der Waals surface area contributed by atoms with Gasteiger partial charge < -0.3 is 9.47 Å². The van der Waals surface area contributed by atoms with E-state index >= 15 is 0 Å². The average molecular weight is 258 g/mol. The summed E-state index contributed by atoms with van der Waals surface area (Å²) in [7, 11) is 1.68. The summed E-state index contributed by atoms with van der Waals surface area (Å²) in [6.45, 7) is 5.53. The van der Waals surface area contributed by atoms with Crippen LogP contribution in [-0.4, -0.2) is 25.3 Å². The van der Waals surface area contributed by atoms with Crippen LogP contribution in [0.1, 0.15) is 37.4 Å². The molecule has 0 fully saturated rings. The molecule has 0 bridgehead atoms. The first-order valence-electron chi connectivity index (χ1n) is 5.86. The van der Waals surface area contributed by atoms with Crippen molar-refractivity contribution in [3.63, 3.8) is 0 Å². The Balaban J connectivity index is 2.66. The third kappa shape index (κ3) is 4.92. The van der Waals surface area contributed by atoms with E-state index in [1.807, 2.05) is 12.1 Å². The molecule has 0 saturated carbocycles. The molecule has 0 spiro atoms. The summed E-state index contributed by atoms with van der Waals surface area (Å²) in [5.41, 5.74) is 2.07. The molecule has 0 N–H and O–H groups in total. The number of ether oxygens (including phenoxy) is 2. The minimum atomic E-state index is 0.375. The van der Waals surface area contributed by atoms with Crippen LogP contribution in [0.25, 0.3) is 0 Å². The van der Waals surface area contributed by atoms with E-state index in [0.29, 0.717) is 30.9 Å².